The van der Waals surface area contributed by atoms with Crippen molar-refractivity contribution in [1.29, 1.82) is 0 Å². The van der Waals surface area contributed by atoms with Crippen LogP contribution in [0.1, 0.15) is 97.7 Å². The molecule has 4 unspecified atom stereocenters. The number of hydrogen-bond donors (Lipinski definition) is 3. The zero-order chi connectivity index (χ0) is 26.5. The first kappa shape index (κ1) is 27.0. The number of nitrogens with zero attached hydrogens (tertiary/aromatic N) is 4. The van der Waals surface area contributed by atoms with Gasteiger partial charge in [-0.25, -0.2) is 4.68 Å². The van der Waals surface area contributed by atoms with Crippen molar-refractivity contribution >= 4 is 5.97 Å². The van der Waals surface area contributed by atoms with Crippen LogP contribution < -0.4 is 0 Å². The monoisotopic (exact) mass is 516 g/mol. The van der Waals surface area contributed by atoms with Crippen molar-refractivity contribution in [3.63, 3.8) is 0 Å². The summed E-state index contributed by atoms with van der Waals surface area (Å²) in [5.41, 5.74) is 0.509. The summed E-state index contributed by atoms with van der Waals surface area (Å²) in [6.07, 6.45) is 10.2. The number of tetrazole rings is 1. The standard InChI is InChI=1S/C29H48N4O4/c1-5-19-23-15-18(34)10-12-29(23,4)22-11-13-28(3)20(8-9-21(28)26(22)27(19)37)17(2)7-6-14-33-24(16-25(35)36)30-31-32-33/h17-23,26-27,34,37H,5-16H2,1-4H3,(H,35,36)/t17-,18-,19-,20-,21?,22?,23+,26?,27-,28?,29-/m1/s1. The van der Waals surface area contributed by atoms with Crippen LogP contribution in [-0.4, -0.2) is 53.7 Å². The summed E-state index contributed by atoms with van der Waals surface area (Å²) in [5, 5.41) is 43.0. The van der Waals surface area contributed by atoms with E-state index in [1.54, 1.807) is 4.68 Å². The van der Waals surface area contributed by atoms with Crippen LogP contribution in [0.5, 0.6) is 0 Å². The number of aromatic nitrogens is 4. The topological polar surface area (TPSA) is 121 Å². The number of fused-ring (bicyclic) bond motifs is 5. The van der Waals surface area contributed by atoms with Crippen LogP contribution in [0.4, 0.5) is 0 Å². The number of rotatable bonds is 8. The maximum absolute atomic E-state index is 11.9. The lowest BCUT2D eigenvalue weighted by Crippen LogP contribution is -2.62. The van der Waals surface area contributed by atoms with Crippen molar-refractivity contribution < 1.29 is 20.1 Å². The first-order valence-electron chi connectivity index (χ1n) is 14.9. The van der Waals surface area contributed by atoms with Gasteiger partial charge in [0.25, 0.3) is 0 Å². The van der Waals surface area contributed by atoms with Gasteiger partial charge in [-0.1, -0.05) is 34.1 Å². The Morgan fingerprint density at radius 2 is 1.81 bits per heavy atom. The Hall–Kier alpha value is -1.54. The van der Waals surface area contributed by atoms with Crippen LogP contribution in [0.25, 0.3) is 0 Å². The Kier molecular flexibility index (Phi) is 7.47. The van der Waals surface area contributed by atoms with Gasteiger partial charge in [-0.2, -0.15) is 0 Å². The lowest BCUT2D eigenvalue weighted by molar-refractivity contribution is -0.203. The van der Waals surface area contributed by atoms with Crippen LogP contribution in [0, 0.1) is 52.3 Å². The molecule has 11 atom stereocenters. The van der Waals surface area contributed by atoms with Gasteiger partial charge in [0.2, 0.25) is 0 Å². The number of carbonyl (C=O) groups is 1. The minimum absolute atomic E-state index is 0.146. The first-order chi connectivity index (χ1) is 17.6. The van der Waals surface area contributed by atoms with Crippen molar-refractivity contribution in [3.8, 4) is 0 Å². The summed E-state index contributed by atoms with van der Waals surface area (Å²) in [5.74, 6) is 3.01. The Labute approximate surface area is 221 Å². The van der Waals surface area contributed by atoms with Gasteiger partial charge in [0.15, 0.2) is 5.82 Å². The molecule has 4 aliphatic carbocycles. The molecule has 0 aliphatic heterocycles. The molecule has 4 aliphatic rings. The van der Waals surface area contributed by atoms with Crippen LogP contribution in [-0.2, 0) is 17.8 Å². The van der Waals surface area contributed by atoms with Gasteiger partial charge in [0, 0.05) is 6.54 Å². The summed E-state index contributed by atoms with van der Waals surface area (Å²) in [6.45, 7) is 10.3. The molecule has 5 rings (SSSR count). The molecule has 8 nitrogen and oxygen atoms in total. The Balaban J connectivity index is 1.28. The van der Waals surface area contributed by atoms with Crippen molar-refractivity contribution in [2.75, 3.05) is 0 Å². The molecule has 4 saturated carbocycles. The van der Waals surface area contributed by atoms with E-state index in [1.165, 1.54) is 25.7 Å². The number of aliphatic carboxylic acids is 1. The van der Waals surface area contributed by atoms with Crippen LogP contribution >= 0.6 is 0 Å². The zero-order valence-electron chi connectivity index (χ0n) is 23.2. The van der Waals surface area contributed by atoms with Gasteiger partial charge in [0.05, 0.1) is 12.2 Å². The molecule has 1 aromatic heterocycles. The smallest absolute Gasteiger partial charge is 0.311 e. The molecule has 0 amide bonds. The van der Waals surface area contributed by atoms with E-state index in [1.807, 2.05) is 0 Å². The highest BCUT2D eigenvalue weighted by molar-refractivity contribution is 5.68. The average molecular weight is 517 g/mol. The number of aliphatic hydroxyl groups is 2. The quantitative estimate of drug-likeness (QED) is 0.470. The molecule has 3 N–H and O–H groups in total. The molecule has 4 fully saturated rings. The lowest BCUT2D eigenvalue weighted by atomic mass is 9.41. The highest BCUT2D eigenvalue weighted by atomic mass is 16.4. The Morgan fingerprint density at radius 1 is 1.08 bits per heavy atom. The van der Waals surface area contributed by atoms with Gasteiger partial charge in [-0.05, 0) is 120 Å². The molecule has 37 heavy (non-hydrogen) atoms. The molecule has 1 aromatic rings. The summed E-state index contributed by atoms with van der Waals surface area (Å²) >= 11 is 0. The number of carboxylic acid groups (broad SMARTS) is 1. The predicted molar refractivity (Wildman–Crippen MR) is 139 cm³/mol. The van der Waals surface area contributed by atoms with Gasteiger partial charge in [0.1, 0.15) is 6.42 Å². The molecule has 0 spiro atoms. The maximum atomic E-state index is 11.9. The molecule has 0 bridgehead atoms. The fraction of sp³-hybridized carbons (Fsp3) is 0.931. The first-order valence-corrected chi connectivity index (χ1v) is 14.9. The van der Waals surface area contributed by atoms with Crippen molar-refractivity contribution in [1.82, 2.24) is 20.2 Å². The fourth-order valence-corrected chi connectivity index (χ4v) is 10.4. The van der Waals surface area contributed by atoms with Gasteiger partial charge < -0.3 is 15.3 Å². The second kappa shape index (κ2) is 10.2. The molecule has 8 heteroatoms. The van der Waals surface area contributed by atoms with E-state index in [4.69, 9.17) is 5.11 Å². The van der Waals surface area contributed by atoms with Crippen molar-refractivity contribution in [3.05, 3.63) is 5.82 Å². The fourth-order valence-electron chi connectivity index (χ4n) is 10.4. The lowest BCUT2D eigenvalue weighted by Gasteiger charge is -2.64. The number of carboxylic acids is 1. The third kappa shape index (κ3) is 4.54. The van der Waals surface area contributed by atoms with Gasteiger partial charge in [-0.3, -0.25) is 4.79 Å². The third-order valence-corrected chi connectivity index (χ3v) is 12.1. The van der Waals surface area contributed by atoms with Crippen LogP contribution in [0.2, 0.25) is 0 Å². The summed E-state index contributed by atoms with van der Waals surface area (Å²) in [4.78, 5) is 11.1. The zero-order valence-corrected chi connectivity index (χ0v) is 23.2. The SMILES string of the molecule is CC[C@H]1[C@@H](O)C2C3CC[C@H]([C@H](C)CCCn4nnnc4CC(=O)O)C3(C)CCC2[C@@]2(C)CC[C@@H](O)C[C@@H]12. The van der Waals surface area contributed by atoms with Crippen LogP contribution in [0.15, 0.2) is 0 Å². The van der Waals surface area contributed by atoms with Crippen molar-refractivity contribution in [2.45, 2.75) is 117 Å². The summed E-state index contributed by atoms with van der Waals surface area (Å²) in [7, 11) is 0. The minimum Gasteiger partial charge on any atom is -0.481 e. The largest absolute Gasteiger partial charge is 0.481 e. The number of hydrogen-bond acceptors (Lipinski definition) is 6. The number of aryl methyl sites for hydroxylation is 1. The Bertz CT molecular complexity index is 969. The van der Waals surface area contributed by atoms with Crippen molar-refractivity contribution in [2.24, 2.45) is 52.3 Å². The van der Waals surface area contributed by atoms with E-state index in [2.05, 4.69) is 43.2 Å². The van der Waals surface area contributed by atoms with E-state index in [0.717, 1.165) is 38.5 Å². The van der Waals surface area contributed by atoms with Crippen LogP contribution in [0.3, 0.4) is 0 Å². The average Bonchev–Trinajstić information content (AvgIpc) is 3.43. The minimum atomic E-state index is -0.912. The molecule has 0 saturated heterocycles. The van der Waals surface area contributed by atoms with E-state index in [-0.39, 0.29) is 29.5 Å². The van der Waals surface area contributed by atoms with E-state index in [0.29, 0.717) is 53.8 Å². The second-order valence-electron chi connectivity index (χ2n) is 13.6. The predicted octanol–water partition coefficient (Wildman–Crippen LogP) is 4.34. The van der Waals surface area contributed by atoms with E-state index >= 15 is 0 Å². The molecular formula is C29H48N4O4. The normalized spacial score (nSPS) is 44.1. The molecule has 208 valence electrons. The number of aliphatic hydroxyl groups excluding tert-OH is 2. The summed E-state index contributed by atoms with van der Waals surface area (Å²) < 4.78 is 1.65. The second-order valence-corrected chi connectivity index (χ2v) is 13.6. The van der Waals surface area contributed by atoms with Gasteiger partial charge in [-0.15, -0.1) is 5.10 Å². The molecule has 1 heterocycles. The summed E-state index contributed by atoms with van der Waals surface area (Å²) in [6, 6.07) is 0. The molecule has 0 radical (unpaired) electrons. The highest BCUT2D eigenvalue weighted by Gasteiger charge is 2.64. The van der Waals surface area contributed by atoms with Gasteiger partial charge >= 0.3 is 5.97 Å². The molecular weight excluding hydrogens is 468 g/mol. The van der Waals surface area contributed by atoms with E-state index in [9.17, 15) is 15.0 Å². The molecule has 0 aromatic carbocycles. The third-order valence-electron chi connectivity index (χ3n) is 12.1. The highest BCUT2D eigenvalue weighted by Crippen LogP contribution is 2.69. The van der Waals surface area contributed by atoms with E-state index < -0.39 is 5.97 Å². The Morgan fingerprint density at radius 3 is 2.54 bits per heavy atom. The maximum Gasteiger partial charge on any atom is 0.311 e.